The minimum absolute atomic E-state index is 0.169. The van der Waals surface area contributed by atoms with Crippen LogP contribution in [0.1, 0.15) is 31.9 Å². The fourth-order valence-electron chi connectivity index (χ4n) is 3.36. The number of hydrogen-bond donors (Lipinski definition) is 2. The lowest BCUT2D eigenvalue weighted by atomic mass is 9.86. The van der Waals surface area contributed by atoms with Crippen molar-refractivity contribution in [3.8, 4) is 17.5 Å². The minimum atomic E-state index is -4.44. The van der Waals surface area contributed by atoms with E-state index in [1.165, 1.54) is 13.2 Å². The largest absolute Gasteiger partial charge is 0.481 e. The first kappa shape index (κ1) is 22.4. The van der Waals surface area contributed by atoms with Crippen LogP contribution in [-0.4, -0.2) is 22.1 Å². The summed E-state index contributed by atoms with van der Waals surface area (Å²) in [6, 6.07) is 14.4. The Hall–Kier alpha value is -3.75. The third kappa shape index (κ3) is 4.87. The Bertz CT molecular complexity index is 1290. The van der Waals surface area contributed by atoms with Crippen LogP contribution in [0.2, 0.25) is 0 Å². The Balaban J connectivity index is 1.70. The van der Waals surface area contributed by atoms with Gasteiger partial charge in [-0.2, -0.15) is 18.2 Å². The maximum Gasteiger partial charge on any atom is 0.416 e. The third-order valence-corrected chi connectivity index (χ3v) is 5.01. The van der Waals surface area contributed by atoms with Crippen LogP contribution in [0.25, 0.3) is 11.0 Å². The van der Waals surface area contributed by atoms with Crippen molar-refractivity contribution in [2.75, 3.05) is 12.4 Å². The molecule has 0 saturated heterocycles. The number of anilines is 2. The molecule has 4 aromatic rings. The zero-order valence-electron chi connectivity index (χ0n) is 18.5. The molecule has 0 radical (unpaired) electrons. The Morgan fingerprint density at radius 2 is 1.70 bits per heavy atom. The van der Waals surface area contributed by atoms with E-state index in [2.05, 4.69) is 41.0 Å². The molecule has 0 aliphatic carbocycles. The topological polar surface area (TPSA) is 72.1 Å². The fourth-order valence-corrected chi connectivity index (χ4v) is 3.36. The summed E-state index contributed by atoms with van der Waals surface area (Å²) in [6.07, 6.45) is -4.44. The average molecular weight is 456 g/mol. The van der Waals surface area contributed by atoms with Crippen LogP contribution < -0.4 is 14.8 Å². The number of halogens is 3. The number of hydrogen-bond acceptors (Lipinski definition) is 5. The predicted molar refractivity (Wildman–Crippen MR) is 120 cm³/mol. The molecule has 4 rings (SSSR count). The van der Waals surface area contributed by atoms with Gasteiger partial charge >= 0.3 is 6.18 Å². The zero-order chi connectivity index (χ0) is 23.8. The van der Waals surface area contributed by atoms with E-state index in [-0.39, 0.29) is 22.8 Å². The van der Waals surface area contributed by atoms with Crippen LogP contribution in [0, 0.1) is 0 Å². The van der Waals surface area contributed by atoms with E-state index in [4.69, 9.17) is 9.47 Å². The van der Waals surface area contributed by atoms with Gasteiger partial charge in [0.25, 0.3) is 0 Å². The van der Waals surface area contributed by atoms with Gasteiger partial charge in [-0.05, 0) is 35.7 Å². The minimum Gasteiger partial charge on any atom is -0.481 e. The standard InChI is InChI=1S/C24H23F3N4O2/c1-23(2,3)15-7-5-6-8-19(15)33-21-17(11-12-20(31-21)32-4)29-22-28-16-10-9-14(24(25,26)27)13-18(16)30-22/h5-13H,1-4H3,(H2,28,29,30). The maximum atomic E-state index is 13.0. The molecule has 6 nitrogen and oxygen atoms in total. The summed E-state index contributed by atoms with van der Waals surface area (Å²) in [5.74, 6) is 1.48. The number of pyridine rings is 1. The molecular weight excluding hydrogens is 433 g/mol. The number of benzene rings is 2. The van der Waals surface area contributed by atoms with Crippen LogP contribution in [-0.2, 0) is 11.6 Å². The van der Waals surface area contributed by atoms with E-state index in [9.17, 15) is 13.2 Å². The summed E-state index contributed by atoms with van der Waals surface area (Å²) in [5, 5.41) is 3.06. The van der Waals surface area contributed by atoms with Crippen molar-refractivity contribution >= 4 is 22.7 Å². The lowest BCUT2D eigenvalue weighted by Crippen LogP contribution is -2.12. The summed E-state index contributed by atoms with van der Waals surface area (Å²) >= 11 is 0. The normalized spacial score (nSPS) is 12.1. The lowest BCUT2D eigenvalue weighted by molar-refractivity contribution is -0.137. The molecule has 2 aromatic carbocycles. The number of para-hydroxylation sites is 1. The van der Waals surface area contributed by atoms with Crippen LogP contribution in [0.5, 0.6) is 17.5 Å². The summed E-state index contributed by atoms with van der Waals surface area (Å²) in [6.45, 7) is 6.24. The van der Waals surface area contributed by atoms with Crippen molar-refractivity contribution in [3.63, 3.8) is 0 Å². The van der Waals surface area contributed by atoms with E-state index in [0.29, 0.717) is 22.8 Å². The van der Waals surface area contributed by atoms with Crippen LogP contribution in [0.15, 0.2) is 54.6 Å². The van der Waals surface area contributed by atoms with E-state index >= 15 is 0 Å². The molecule has 0 amide bonds. The SMILES string of the molecule is COc1ccc(Nc2nc3cc(C(F)(F)F)ccc3[nH]2)c(Oc2ccccc2C(C)(C)C)n1. The molecule has 2 aromatic heterocycles. The highest BCUT2D eigenvalue weighted by Gasteiger charge is 2.30. The van der Waals surface area contributed by atoms with Crippen molar-refractivity contribution in [2.24, 2.45) is 0 Å². The van der Waals surface area contributed by atoms with Crippen molar-refractivity contribution < 1.29 is 22.6 Å². The molecule has 0 spiro atoms. The molecule has 0 aliphatic rings. The second-order valence-electron chi connectivity index (χ2n) is 8.49. The number of alkyl halides is 3. The van der Waals surface area contributed by atoms with Gasteiger partial charge in [-0.1, -0.05) is 39.0 Å². The quantitative estimate of drug-likeness (QED) is 0.345. The van der Waals surface area contributed by atoms with Crippen molar-refractivity contribution in [1.82, 2.24) is 15.0 Å². The molecule has 172 valence electrons. The molecule has 33 heavy (non-hydrogen) atoms. The summed E-state index contributed by atoms with van der Waals surface area (Å²) in [4.78, 5) is 11.6. The number of nitrogens with zero attached hydrogens (tertiary/aromatic N) is 2. The number of fused-ring (bicyclic) bond motifs is 1. The van der Waals surface area contributed by atoms with Gasteiger partial charge in [-0.3, -0.25) is 0 Å². The van der Waals surface area contributed by atoms with Crippen LogP contribution >= 0.6 is 0 Å². The van der Waals surface area contributed by atoms with Crippen LogP contribution in [0.3, 0.4) is 0 Å². The van der Waals surface area contributed by atoms with Crippen molar-refractivity contribution in [3.05, 3.63) is 65.7 Å². The Labute approximate surface area is 188 Å². The Morgan fingerprint density at radius 1 is 0.939 bits per heavy atom. The number of aromatic amines is 1. The Morgan fingerprint density at radius 3 is 2.39 bits per heavy atom. The maximum absolute atomic E-state index is 13.0. The average Bonchev–Trinajstić information content (AvgIpc) is 3.15. The zero-order valence-corrected chi connectivity index (χ0v) is 18.5. The number of H-pyrrole nitrogens is 1. The van der Waals surface area contributed by atoms with Crippen molar-refractivity contribution in [2.45, 2.75) is 32.4 Å². The van der Waals surface area contributed by atoms with Gasteiger partial charge in [0.05, 0.1) is 23.7 Å². The number of methoxy groups -OCH3 is 1. The van der Waals surface area contributed by atoms with Crippen LogP contribution in [0.4, 0.5) is 24.8 Å². The number of aromatic nitrogens is 3. The van der Waals surface area contributed by atoms with Gasteiger partial charge in [0.1, 0.15) is 11.4 Å². The molecule has 9 heteroatoms. The molecule has 2 N–H and O–H groups in total. The first-order chi connectivity index (χ1) is 15.5. The van der Waals surface area contributed by atoms with Crippen molar-refractivity contribution in [1.29, 1.82) is 0 Å². The molecule has 0 unspecified atom stereocenters. The third-order valence-electron chi connectivity index (χ3n) is 5.01. The highest BCUT2D eigenvalue weighted by molar-refractivity contribution is 5.79. The van der Waals surface area contributed by atoms with E-state index in [0.717, 1.165) is 17.7 Å². The summed E-state index contributed by atoms with van der Waals surface area (Å²) in [5.41, 5.74) is 1.18. The van der Waals surface area contributed by atoms with Gasteiger partial charge in [0, 0.05) is 11.6 Å². The number of rotatable bonds is 5. The molecule has 2 heterocycles. The predicted octanol–water partition coefficient (Wildman–Crippen LogP) is 6.82. The lowest BCUT2D eigenvalue weighted by Gasteiger charge is -2.23. The summed E-state index contributed by atoms with van der Waals surface area (Å²) < 4.78 is 50.5. The molecular formula is C24H23F3N4O2. The van der Waals surface area contributed by atoms with Gasteiger partial charge in [-0.25, -0.2) is 4.98 Å². The second-order valence-corrected chi connectivity index (χ2v) is 8.49. The first-order valence-electron chi connectivity index (χ1n) is 10.2. The van der Waals surface area contributed by atoms with Gasteiger partial charge in [0.15, 0.2) is 0 Å². The number of nitrogens with one attached hydrogen (secondary N) is 2. The van der Waals surface area contributed by atoms with E-state index < -0.39 is 11.7 Å². The van der Waals surface area contributed by atoms with Gasteiger partial charge in [-0.15, -0.1) is 0 Å². The molecule has 0 fully saturated rings. The number of ether oxygens (including phenoxy) is 2. The first-order valence-corrected chi connectivity index (χ1v) is 10.2. The van der Waals surface area contributed by atoms with E-state index in [1.807, 2.05) is 24.3 Å². The molecule has 0 aliphatic heterocycles. The van der Waals surface area contributed by atoms with Gasteiger partial charge < -0.3 is 19.8 Å². The Kier molecular flexibility index (Phi) is 5.65. The molecule has 0 atom stereocenters. The highest BCUT2D eigenvalue weighted by Crippen LogP contribution is 2.37. The van der Waals surface area contributed by atoms with Gasteiger partial charge in [0.2, 0.25) is 17.7 Å². The smallest absolute Gasteiger partial charge is 0.416 e. The van der Waals surface area contributed by atoms with E-state index in [1.54, 1.807) is 12.1 Å². The summed E-state index contributed by atoms with van der Waals surface area (Å²) in [7, 11) is 1.50. The molecule has 0 bridgehead atoms. The second kappa shape index (κ2) is 8.31. The molecule has 0 saturated carbocycles. The highest BCUT2D eigenvalue weighted by atomic mass is 19.4. The fraction of sp³-hybridized carbons (Fsp3) is 0.250. The number of imidazole rings is 1. The monoisotopic (exact) mass is 456 g/mol.